The van der Waals surface area contributed by atoms with Gasteiger partial charge in [-0.05, 0) is 6.42 Å². The van der Waals surface area contributed by atoms with E-state index >= 15 is 0 Å². The highest BCUT2D eigenvalue weighted by Crippen LogP contribution is 2.06. The maximum absolute atomic E-state index is 10.9. The van der Waals surface area contributed by atoms with Gasteiger partial charge < -0.3 is 5.11 Å². The molecule has 0 spiro atoms. The fourth-order valence-electron chi connectivity index (χ4n) is 0.615. The number of hydrogen-bond donors (Lipinski definition) is 1. The van der Waals surface area contributed by atoms with E-state index in [1.165, 1.54) is 0 Å². The van der Waals surface area contributed by atoms with Crippen LogP contribution in [0, 0.1) is 0 Å². The molecule has 0 radical (unpaired) electrons. The van der Waals surface area contributed by atoms with E-state index in [0.29, 0.717) is 6.42 Å². The zero-order chi connectivity index (χ0) is 8.85. The van der Waals surface area contributed by atoms with E-state index in [1.54, 1.807) is 0 Å². The molecule has 0 aromatic carbocycles. The Morgan fingerprint density at radius 3 is 2.45 bits per heavy atom. The Bertz CT molecular complexity index is 156. The molecule has 0 saturated heterocycles. The number of aliphatic carboxylic acids is 1. The molecule has 0 amide bonds. The maximum atomic E-state index is 10.9. The van der Waals surface area contributed by atoms with Gasteiger partial charge in [0, 0.05) is 6.42 Å². The van der Waals surface area contributed by atoms with E-state index < -0.39 is 10.8 Å². The summed E-state index contributed by atoms with van der Waals surface area (Å²) in [5.41, 5.74) is 0. The second-order valence-electron chi connectivity index (χ2n) is 2.27. The number of rotatable bonds is 5. The fraction of sp³-hybridized carbons (Fsp3) is 0.714. The zero-order valence-corrected chi connectivity index (χ0v) is 7.93. The predicted molar refractivity (Wildman–Crippen MR) is 44.9 cm³/mol. The van der Waals surface area contributed by atoms with Gasteiger partial charge in [-0.25, -0.2) is 0 Å². The topological polar surface area (TPSA) is 54.4 Å². The second-order valence-corrected chi connectivity index (χ2v) is 3.19. The van der Waals surface area contributed by atoms with Crippen molar-refractivity contribution >= 4 is 27.7 Å². The highest BCUT2D eigenvalue weighted by Gasteiger charge is 2.21. The van der Waals surface area contributed by atoms with Crippen molar-refractivity contribution in [2.45, 2.75) is 31.0 Å². The normalized spacial score (nSPS) is 12.5. The fourth-order valence-corrected chi connectivity index (χ4v) is 0.844. The molecular formula is C7H11BrO3. The molecule has 0 aliphatic rings. The average molecular weight is 223 g/mol. The number of unbranched alkanes of at least 4 members (excludes halogenated alkanes) is 1. The molecule has 1 atom stereocenters. The molecule has 0 aliphatic heterocycles. The summed E-state index contributed by atoms with van der Waals surface area (Å²) in [4.78, 5) is 20.1. The van der Waals surface area contributed by atoms with Crippen molar-refractivity contribution in [3.8, 4) is 0 Å². The lowest BCUT2D eigenvalue weighted by molar-refractivity contribution is -0.139. The number of alkyl halides is 1. The van der Waals surface area contributed by atoms with Gasteiger partial charge in [0.25, 0.3) is 0 Å². The minimum atomic E-state index is -1.11. The summed E-state index contributed by atoms with van der Waals surface area (Å²) in [6.45, 7) is 1.96. The number of carbonyl (C=O) groups excluding carboxylic acids is 1. The first kappa shape index (κ1) is 10.6. The van der Waals surface area contributed by atoms with Crippen LogP contribution in [0.1, 0.15) is 26.2 Å². The molecule has 0 aromatic rings. The van der Waals surface area contributed by atoms with Crippen LogP contribution in [0.2, 0.25) is 0 Å². The maximum Gasteiger partial charge on any atom is 0.324 e. The highest BCUT2D eigenvalue weighted by molar-refractivity contribution is 9.10. The Hall–Kier alpha value is -0.380. The van der Waals surface area contributed by atoms with Crippen molar-refractivity contribution in [1.29, 1.82) is 0 Å². The molecule has 0 fully saturated rings. The van der Waals surface area contributed by atoms with E-state index in [4.69, 9.17) is 5.11 Å². The SMILES string of the molecule is CCCCC(=O)C(Br)C(=O)O. The van der Waals surface area contributed by atoms with Gasteiger partial charge in [0.15, 0.2) is 10.6 Å². The third-order valence-corrected chi connectivity index (χ3v) is 2.18. The van der Waals surface area contributed by atoms with Gasteiger partial charge in [-0.2, -0.15) is 0 Å². The number of carboxylic acids is 1. The Morgan fingerprint density at radius 2 is 2.09 bits per heavy atom. The molecule has 3 nitrogen and oxygen atoms in total. The van der Waals surface area contributed by atoms with Crippen LogP contribution in [0.3, 0.4) is 0 Å². The first-order valence-electron chi connectivity index (χ1n) is 3.49. The predicted octanol–water partition coefficient (Wildman–Crippen LogP) is 1.59. The van der Waals surface area contributed by atoms with Crippen molar-refractivity contribution in [2.24, 2.45) is 0 Å². The number of halogens is 1. The number of carboxylic acid groups (broad SMARTS) is 1. The van der Waals surface area contributed by atoms with E-state index in [2.05, 4.69) is 15.9 Å². The van der Waals surface area contributed by atoms with E-state index in [0.717, 1.165) is 12.8 Å². The van der Waals surface area contributed by atoms with Crippen LogP contribution in [0.25, 0.3) is 0 Å². The third-order valence-electron chi connectivity index (χ3n) is 1.28. The van der Waals surface area contributed by atoms with Gasteiger partial charge in [-0.3, -0.25) is 9.59 Å². The molecule has 0 saturated carbocycles. The highest BCUT2D eigenvalue weighted by atomic mass is 79.9. The molecule has 4 heteroatoms. The smallest absolute Gasteiger partial charge is 0.324 e. The lowest BCUT2D eigenvalue weighted by atomic mass is 10.1. The van der Waals surface area contributed by atoms with Gasteiger partial charge in [-0.1, -0.05) is 29.3 Å². The lowest BCUT2D eigenvalue weighted by Gasteiger charge is -2.01. The Labute approximate surface area is 73.9 Å². The second kappa shape index (κ2) is 5.29. The van der Waals surface area contributed by atoms with Gasteiger partial charge >= 0.3 is 5.97 Å². The number of carbonyl (C=O) groups is 2. The average Bonchev–Trinajstić information content (AvgIpc) is 1.98. The quantitative estimate of drug-likeness (QED) is 0.568. The van der Waals surface area contributed by atoms with Gasteiger partial charge in [0.05, 0.1) is 0 Å². The number of hydrogen-bond acceptors (Lipinski definition) is 2. The number of ketones is 1. The van der Waals surface area contributed by atoms with E-state index in [9.17, 15) is 9.59 Å². The zero-order valence-electron chi connectivity index (χ0n) is 6.34. The van der Waals surface area contributed by atoms with E-state index in [-0.39, 0.29) is 5.78 Å². The molecule has 1 unspecified atom stereocenters. The third kappa shape index (κ3) is 4.14. The van der Waals surface area contributed by atoms with Crippen LogP contribution in [0.4, 0.5) is 0 Å². The molecule has 64 valence electrons. The van der Waals surface area contributed by atoms with Crippen LogP contribution in [0.15, 0.2) is 0 Å². The Kier molecular flexibility index (Phi) is 5.11. The Morgan fingerprint density at radius 1 is 1.55 bits per heavy atom. The first-order chi connectivity index (χ1) is 5.09. The summed E-state index contributed by atoms with van der Waals surface area (Å²) >= 11 is 2.79. The summed E-state index contributed by atoms with van der Waals surface area (Å²) in [6.07, 6.45) is 2.01. The standard InChI is InChI=1S/C7H11BrO3/c1-2-3-4-5(9)6(8)7(10)11/h6H,2-4H2,1H3,(H,10,11). The van der Waals surface area contributed by atoms with Crippen molar-refractivity contribution in [3.05, 3.63) is 0 Å². The van der Waals surface area contributed by atoms with Crippen molar-refractivity contribution < 1.29 is 14.7 Å². The van der Waals surface area contributed by atoms with Crippen molar-refractivity contribution in [2.75, 3.05) is 0 Å². The van der Waals surface area contributed by atoms with Gasteiger partial charge in [0.1, 0.15) is 0 Å². The first-order valence-corrected chi connectivity index (χ1v) is 4.40. The largest absolute Gasteiger partial charge is 0.480 e. The van der Waals surface area contributed by atoms with Crippen LogP contribution in [-0.4, -0.2) is 21.7 Å². The number of Topliss-reactive ketones (excluding diaryl/α,β-unsaturated/α-hetero) is 1. The summed E-state index contributed by atoms with van der Waals surface area (Å²) in [7, 11) is 0. The minimum absolute atomic E-state index is 0.251. The summed E-state index contributed by atoms with van der Waals surface area (Å²) in [6, 6.07) is 0. The molecule has 0 bridgehead atoms. The molecule has 0 aromatic heterocycles. The van der Waals surface area contributed by atoms with Crippen molar-refractivity contribution in [1.82, 2.24) is 0 Å². The molecule has 0 aliphatic carbocycles. The molecule has 1 N–H and O–H groups in total. The minimum Gasteiger partial charge on any atom is -0.480 e. The summed E-state index contributed by atoms with van der Waals surface area (Å²) < 4.78 is 0. The lowest BCUT2D eigenvalue weighted by Crippen LogP contribution is -2.23. The van der Waals surface area contributed by atoms with Gasteiger partial charge in [-0.15, -0.1) is 0 Å². The van der Waals surface area contributed by atoms with Gasteiger partial charge in [0.2, 0.25) is 0 Å². The van der Waals surface area contributed by atoms with E-state index in [1.807, 2.05) is 6.92 Å². The molecule has 0 heterocycles. The summed E-state index contributed by atoms with van der Waals surface area (Å²) in [5.74, 6) is -1.36. The van der Waals surface area contributed by atoms with Crippen molar-refractivity contribution in [3.63, 3.8) is 0 Å². The van der Waals surface area contributed by atoms with Crippen LogP contribution < -0.4 is 0 Å². The monoisotopic (exact) mass is 222 g/mol. The summed E-state index contributed by atoms with van der Waals surface area (Å²) in [5, 5.41) is 8.38. The molecule has 0 rings (SSSR count). The molecular weight excluding hydrogens is 212 g/mol. The van der Waals surface area contributed by atoms with Crippen LogP contribution in [-0.2, 0) is 9.59 Å². The Balaban J connectivity index is 3.74. The van der Waals surface area contributed by atoms with Crippen LogP contribution >= 0.6 is 15.9 Å². The van der Waals surface area contributed by atoms with Crippen LogP contribution in [0.5, 0.6) is 0 Å². The molecule has 11 heavy (non-hydrogen) atoms.